The molecule has 4 atom stereocenters. The predicted molar refractivity (Wildman–Crippen MR) is 102 cm³/mol. The van der Waals surface area contributed by atoms with E-state index in [1.165, 1.54) is 12.8 Å². The lowest BCUT2D eigenvalue weighted by Gasteiger charge is -2.27. The van der Waals surface area contributed by atoms with Crippen molar-refractivity contribution in [3.8, 4) is 0 Å². The molecule has 0 amide bonds. The number of Topliss-reactive ketones (excluding diaryl/α,β-unsaturated/α-hetero) is 1. The number of unbranched alkanes of at least 4 members (excludes halogenated alkanes) is 3. The van der Waals surface area contributed by atoms with Gasteiger partial charge >= 0.3 is 5.97 Å². The van der Waals surface area contributed by atoms with Crippen molar-refractivity contribution in [2.75, 3.05) is 0 Å². The van der Waals surface area contributed by atoms with E-state index in [0.717, 1.165) is 25.7 Å². The molecular weight excluding hydrogens is 332 g/mol. The van der Waals surface area contributed by atoms with Gasteiger partial charge in [-0.1, -0.05) is 63.8 Å². The van der Waals surface area contributed by atoms with Crippen LogP contribution in [0.3, 0.4) is 0 Å². The first-order valence-corrected chi connectivity index (χ1v) is 9.76. The highest BCUT2D eigenvalue weighted by molar-refractivity contribution is 5.87. The number of ketones is 1. The second-order valence-corrected chi connectivity index (χ2v) is 7.55. The molecule has 148 valence electrons. The molecule has 2 unspecified atom stereocenters. The lowest BCUT2D eigenvalue weighted by molar-refractivity contribution is -0.146. The minimum atomic E-state index is -1.41. The number of aliphatic carboxylic acids is 1. The van der Waals surface area contributed by atoms with Crippen LogP contribution in [0.25, 0.3) is 0 Å². The van der Waals surface area contributed by atoms with Crippen molar-refractivity contribution >= 4 is 11.8 Å². The standard InChI is InChI=1S/C21H34O5/c1-3-4-5-6-9-17(22)13-11-16-12-14-19(24)21(16,2)15-8-7-10-18(23)20(25)26/h7-8,11,13,16-18,22-23H,3-6,9-10,12,14-15H2,1-2H3,(H,25,26)/t16-,17?,18?,21+/m0/s1. The van der Waals surface area contributed by atoms with Crippen molar-refractivity contribution in [1.29, 1.82) is 0 Å². The molecule has 0 aromatic carbocycles. The van der Waals surface area contributed by atoms with Gasteiger partial charge in [-0.2, -0.15) is 0 Å². The molecule has 0 spiro atoms. The number of allylic oxidation sites excluding steroid dienone is 2. The van der Waals surface area contributed by atoms with Crippen molar-refractivity contribution in [1.82, 2.24) is 0 Å². The number of hydrogen-bond donors (Lipinski definition) is 3. The van der Waals surface area contributed by atoms with Crippen LogP contribution in [-0.4, -0.2) is 39.3 Å². The zero-order chi connectivity index (χ0) is 19.6. The van der Waals surface area contributed by atoms with Gasteiger partial charge in [0.1, 0.15) is 5.78 Å². The summed E-state index contributed by atoms with van der Waals surface area (Å²) in [5.41, 5.74) is -0.525. The quantitative estimate of drug-likeness (QED) is 0.362. The molecule has 0 bridgehead atoms. The molecule has 0 aromatic rings. The molecule has 5 heteroatoms. The summed E-state index contributed by atoms with van der Waals surface area (Å²) >= 11 is 0. The maximum Gasteiger partial charge on any atom is 0.332 e. The molecule has 3 N–H and O–H groups in total. The summed E-state index contributed by atoms with van der Waals surface area (Å²) < 4.78 is 0. The lowest BCUT2D eigenvalue weighted by Crippen LogP contribution is -2.27. The molecule has 0 radical (unpaired) electrons. The Kier molecular flexibility index (Phi) is 9.81. The Hall–Kier alpha value is -1.46. The topological polar surface area (TPSA) is 94.8 Å². The molecule has 1 aliphatic rings. The second-order valence-electron chi connectivity index (χ2n) is 7.55. The molecule has 0 saturated heterocycles. The highest BCUT2D eigenvalue weighted by Gasteiger charge is 2.43. The van der Waals surface area contributed by atoms with Crippen LogP contribution in [0.2, 0.25) is 0 Å². The van der Waals surface area contributed by atoms with Gasteiger partial charge in [0.25, 0.3) is 0 Å². The van der Waals surface area contributed by atoms with Crippen LogP contribution in [0.15, 0.2) is 24.3 Å². The molecule has 0 aliphatic heterocycles. The number of carboxylic acids is 1. The SMILES string of the molecule is CCCCCCC(O)C=C[C@H]1CCC(=O)[C@]1(C)CC=CCC(O)C(=O)O. The lowest BCUT2D eigenvalue weighted by atomic mass is 9.76. The molecule has 26 heavy (non-hydrogen) atoms. The van der Waals surface area contributed by atoms with E-state index in [2.05, 4.69) is 6.92 Å². The van der Waals surface area contributed by atoms with E-state index in [1.807, 2.05) is 19.1 Å². The molecule has 0 heterocycles. The van der Waals surface area contributed by atoms with Crippen molar-refractivity contribution in [3.05, 3.63) is 24.3 Å². The van der Waals surface area contributed by atoms with Crippen LogP contribution in [0.4, 0.5) is 0 Å². The van der Waals surface area contributed by atoms with Gasteiger partial charge in [-0.15, -0.1) is 0 Å². The van der Waals surface area contributed by atoms with Gasteiger partial charge in [0.15, 0.2) is 6.10 Å². The number of hydrogen-bond acceptors (Lipinski definition) is 4. The van der Waals surface area contributed by atoms with Gasteiger partial charge in [0.2, 0.25) is 0 Å². The average molecular weight is 366 g/mol. The highest BCUT2D eigenvalue weighted by atomic mass is 16.4. The van der Waals surface area contributed by atoms with Crippen molar-refractivity contribution in [2.45, 2.75) is 83.8 Å². The highest BCUT2D eigenvalue weighted by Crippen LogP contribution is 2.44. The number of carbonyl (C=O) groups excluding carboxylic acids is 1. The third-order valence-corrected chi connectivity index (χ3v) is 5.41. The van der Waals surface area contributed by atoms with Gasteiger partial charge in [0.05, 0.1) is 6.10 Å². The van der Waals surface area contributed by atoms with Crippen LogP contribution in [0.1, 0.15) is 71.6 Å². The summed E-state index contributed by atoms with van der Waals surface area (Å²) in [6.45, 7) is 4.09. The number of rotatable bonds is 12. The van der Waals surface area contributed by atoms with E-state index in [0.29, 0.717) is 12.8 Å². The Morgan fingerprint density at radius 1 is 1.27 bits per heavy atom. The summed E-state index contributed by atoms with van der Waals surface area (Å²) in [6, 6.07) is 0. The average Bonchev–Trinajstić information content (AvgIpc) is 2.88. The van der Waals surface area contributed by atoms with Crippen LogP contribution in [0, 0.1) is 11.3 Å². The fourth-order valence-corrected chi connectivity index (χ4v) is 3.46. The van der Waals surface area contributed by atoms with Gasteiger partial charge in [-0.3, -0.25) is 4.79 Å². The number of aliphatic hydroxyl groups excluding tert-OH is 2. The van der Waals surface area contributed by atoms with E-state index in [4.69, 9.17) is 5.11 Å². The minimum Gasteiger partial charge on any atom is -0.479 e. The van der Waals surface area contributed by atoms with Crippen molar-refractivity contribution in [3.63, 3.8) is 0 Å². The second kappa shape index (κ2) is 11.3. The number of aliphatic hydroxyl groups is 2. The van der Waals surface area contributed by atoms with Gasteiger partial charge < -0.3 is 15.3 Å². The van der Waals surface area contributed by atoms with Gasteiger partial charge in [-0.25, -0.2) is 4.79 Å². The first-order chi connectivity index (χ1) is 12.3. The Labute approximate surface area is 156 Å². The Bertz CT molecular complexity index is 511. The first kappa shape index (κ1) is 22.6. The Balaban J connectivity index is 2.56. The number of carboxylic acid groups (broad SMARTS) is 1. The summed E-state index contributed by atoms with van der Waals surface area (Å²) in [7, 11) is 0. The Morgan fingerprint density at radius 3 is 2.65 bits per heavy atom. The maximum absolute atomic E-state index is 12.4. The molecule has 0 aromatic heterocycles. The summed E-state index contributed by atoms with van der Waals surface area (Å²) in [5.74, 6) is -0.964. The zero-order valence-electron chi connectivity index (χ0n) is 16.1. The molecule has 5 nitrogen and oxygen atoms in total. The third kappa shape index (κ3) is 7.04. The van der Waals surface area contributed by atoms with Crippen molar-refractivity contribution < 1.29 is 24.9 Å². The molecule has 1 saturated carbocycles. The largest absolute Gasteiger partial charge is 0.479 e. The van der Waals surface area contributed by atoms with E-state index in [1.54, 1.807) is 12.2 Å². The van der Waals surface area contributed by atoms with Crippen LogP contribution in [0.5, 0.6) is 0 Å². The smallest absolute Gasteiger partial charge is 0.332 e. The van der Waals surface area contributed by atoms with E-state index in [-0.39, 0.29) is 18.1 Å². The normalized spacial score (nSPS) is 26.0. The van der Waals surface area contributed by atoms with Crippen LogP contribution >= 0.6 is 0 Å². The number of carbonyl (C=O) groups is 2. The molecule has 1 rings (SSSR count). The molecular formula is C21H34O5. The first-order valence-electron chi connectivity index (χ1n) is 9.76. The summed E-state index contributed by atoms with van der Waals surface area (Å²) in [6.07, 6.45) is 12.5. The van der Waals surface area contributed by atoms with Gasteiger partial charge in [0, 0.05) is 18.3 Å². The van der Waals surface area contributed by atoms with E-state index < -0.39 is 23.6 Å². The third-order valence-electron chi connectivity index (χ3n) is 5.41. The van der Waals surface area contributed by atoms with E-state index >= 15 is 0 Å². The maximum atomic E-state index is 12.4. The minimum absolute atomic E-state index is 0.0383. The van der Waals surface area contributed by atoms with E-state index in [9.17, 15) is 19.8 Å². The molecule has 1 aliphatic carbocycles. The fraction of sp³-hybridized carbons (Fsp3) is 0.714. The van der Waals surface area contributed by atoms with Gasteiger partial charge in [-0.05, 0) is 25.2 Å². The Morgan fingerprint density at radius 2 is 2.00 bits per heavy atom. The van der Waals surface area contributed by atoms with Crippen molar-refractivity contribution in [2.24, 2.45) is 11.3 Å². The monoisotopic (exact) mass is 366 g/mol. The summed E-state index contributed by atoms with van der Waals surface area (Å²) in [5, 5.41) is 28.1. The fourth-order valence-electron chi connectivity index (χ4n) is 3.46. The van der Waals surface area contributed by atoms with Crippen LogP contribution < -0.4 is 0 Å². The molecule has 1 fully saturated rings. The van der Waals surface area contributed by atoms with Crippen LogP contribution in [-0.2, 0) is 9.59 Å². The summed E-state index contributed by atoms with van der Waals surface area (Å²) in [4.78, 5) is 23.0. The predicted octanol–water partition coefficient (Wildman–Crippen LogP) is 3.64. The zero-order valence-corrected chi connectivity index (χ0v) is 16.1.